The Kier molecular flexibility index (Phi) is 19.5. The molecule has 0 radical (unpaired) electrons. The van der Waals surface area contributed by atoms with E-state index in [9.17, 15) is 10.2 Å². The molecule has 490 valence electrons. The Morgan fingerprint density at radius 2 is 0.626 bits per heavy atom. The molecule has 6 unspecified atom stereocenters. The fraction of sp³-hybridized carbons (Fsp3) is 0.524. The van der Waals surface area contributed by atoms with Crippen LogP contribution in [0.4, 0.5) is 8.78 Å². The Morgan fingerprint density at radius 1 is 0.396 bits per heavy atom. The van der Waals surface area contributed by atoms with Gasteiger partial charge in [0, 0.05) is 67.3 Å². The van der Waals surface area contributed by atoms with Crippen LogP contribution in [-0.4, -0.2) is 42.9 Å². The molecule has 2 aliphatic carbocycles. The van der Waals surface area contributed by atoms with Gasteiger partial charge in [-0.3, -0.25) is 0 Å². The van der Waals surface area contributed by atoms with Crippen molar-refractivity contribution in [2.75, 3.05) is 0 Å². The fourth-order valence-corrected chi connectivity index (χ4v) is 15.6. The molecule has 2 aliphatic rings. The zero-order valence-electron chi connectivity index (χ0n) is 60.9. The maximum atomic E-state index is 18.1. The fourth-order valence-electron chi connectivity index (χ4n) is 15.6. The van der Waals surface area contributed by atoms with E-state index in [1.807, 2.05) is 60.7 Å². The molecule has 0 saturated heterocycles. The molecular formula is C84H114F2HfN2O2. The quantitative estimate of drug-likeness (QED) is 0.149. The number of benzene rings is 6. The number of hydrogen-bond donors (Lipinski definition) is 2. The van der Waals surface area contributed by atoms with Gasteiger partial charge in [-0.15, -0.1) is 0 Å². The number of hydrogen-bond acceptors (Lipinski definition) is 2. The summed E-state index contributed by atoms with van der Waals surface area (Å²) in [7, 11) is 0. The molecule has 0 spiro atoms. The first-order chi connectivity index (χ1) is 41.6. The maximum absolute atomic E-state index is 18.1. The molecule has 0 aliphatic heterocycles. The van der Waals surface area contributed by atoms with Crippen LogP contribution in [0.1, 0.15) is 225 Å². The predicted octanol–water partition coefficient (Wildman–Crippen LogP) is 23.4. The molecule has 2 aromatic heterocycles. The number of alkyl halides is 2. The molecule has 7 heteroatoms. The van der Waals surface area contributed by atoms with Gasteiger partial charge in [0.05, 0.1) is 11.1 Å². The molecule has 91 heavy (non-hydrogen) atoms. The van der Waals surface area contributed by atoms with E-state index in [0.29, 0.717) is 24.0 Å². The summed E-state index contributed by atoms with van der Waals surface area (Å²) in [6, 6.07) is 46.7. The second kappa shape index (κ2) is 24.7. The van der Waals surface area contributed by atoms with Gasteiger partial charge in [-0.2, -0.15) is 0 Å². The first kappa shape index (κ1) is 71.9. The van der Waals surface area contributed by atoms with Gasteiger partial charge < -0.3 is 19.3 Å². The van der Waals surface area contributed by atoms with Gasteiger partial charge in [0.1, 0.15) is 23.5 Å². The van der Waals surface area contributed by atoms with Crippen molar-refractivity contribution in [2.45, 2.75) is 257 Å². The number of aromatic nitrogens is 2. The van der Waals surface area contributed by atoms with E-state index in [-0.39, 0.29) is 68.2 Å². The summed E-state index contributed by atoms with van der Waals surface area (Å²) in [5.74, 6) is 0. The summed E-state index contributed by atoms with van der Waals surface area (Å²) >= 11 is 0.0833. The number of halogens is 2. The average Bonchev–Trinajstić information content (AvgIpc) is 1.66. The summed E-state index contributed by atoms with van der Waals surface area (Å²) in [6.07, 6.45) is 3.46. The Bertz CT molecular complexity index is 3580. The SMILES string of the molecule is CC(C)(C)CC(C)(C)C1(F)C=C(c2ccccc2)C(O)C(C)(n2c3ccc(C(C)(C)C)cc3c3cc(C(C)(C)C)ccc32)C1.CC(C)(C)CC(C)(C)C1(F)C=C(c2ccccc2)C(O)C(C)(n2c3ccc(C(C)(C)C)cc3c3cc(C(C)(C)C)ccc32)C1.[CH3][Hf][CH3]. The molecule has 6 atom stereocenters. The zero-order valence-corrected chi connectivity index (χ0v) is 64.5. The van der Waals surface area contributed by atoms with Crippen LogP contribution in [0.25, 0.3) is 54.8 Å². The molecule has 2 heterocycles. The molecular weight excluding hydrogens is 1290 g/mol. The number of aliphatic hydroxyl groups is 2. The van der Waals surface area contributed by atoms with Crippen LogP contribution in [0.3, 0.4) is 0 Å². The van der Waals surface area contributed by atoms with Crippen LogP contribution in [0.2, 0.25) is 9.36 Å². The van der Waals surface area contributed by atoms with Crippen molar-refractivity contribution in [3.63, 3.8) is 0 Å². The standard InChI is InChI=1S/2C41H54FNO.2CH3.Hf/c2*1-36(2,3)25-39(10,11)41(42)24-32(27-16-14-13-15-17-27)35(44)40(12,26-41)43-33-20-18-28(37(4,5)6)22-30(33)31-23-29(38(7,8)9)19-21-34(31)43;;;/h2*13-24,35,44H,25-26H2,1-12H3;2*1H3;. The third-order valence-electron chi connectivity index (χ3n) is 20.2. The van der Waals surface area contributed by atoms with Crippen LogP contribution in [-0.2, 0) is 55.6 Å². The van der Waals surface area contributed by atoms with Crippen LogP contribution >= 0.6 is 0 Å². The molecule has 0 amide bonds. The van der Waals surface area contributed by atoms with Gasteiger partial charge in [-0.05, 0) is 164 Å². The van der Waals surface area contributed by atoms with Crippen molar-refractivity contribution in [3.05, 3.63) is 179 Å². The first-order valence-corrected chi connectivity index (χ1v) is 40.8. The van der Waals surface area contributed by atoms with Gasteiger partial charge in [0.15, 0.2) is 0 Å². The van der Waals surface area contributed by atoms with E-state index in [2.05, 4.69) is 257 Å². The summed E-state index contributed by atoms with van der Waals surface area (Å²) < 4.78 is 45.4. The second-order valence-electron chi connectivity index (χ2n) is 35.9. The number of allylic oxidation sites excluding steroid dienone is 2. The normalized spacial score (nSPS) is 23.1. The molecule has 0 bridgehead atoms. The van der Waals surface area contributed by atoms with E-state index in [0.717, 1.165) is 54.7 Å². The van der Waals surface area contributed by atoms with Gasteiger partial charge in [0.25, 0.3) is 0 Å². The minimum atomic E-state index is -1.67. The zero-order chi connectivity index (χ0) is 68.1. The van der Waals surface area contributed by atoms with Gasteiger partial charge in [-0.1, -0.05) is 237 Å². The molecule has 0 fully saturated rings. The number of rotatable bonds is 8. The number of fused-ring (bicyclic) bond motifs is 6. The number of nitrogens with zero attached hydrogens (tertiary/aromatic N) is 2. The summed E-state index contributed by atoms with van der Waals surface area (Å²) in [5, 5.41) is 29.6. The van der Waals surface area contributed by atoms with E-state index < -0.39 is 45.5 Å². The van der Waals surface area contributed by atoms with Crippen molar-refractivity contribution < 1.29 is 41.9 Å². The van der Waals surface area contributed by atoms with Crippen LogP contribution in [0.5, 0.6) is 0 Å². The van der Waals surface area contributed by atoms with Gasteiger partial charge in [-0.25, -0.2) is 8.78 Å². The summed E-state index contributed by atoms with van der Waals surface area (Å²) in [5.41, 5.74) is 5.41. The number of aliphatic hydroxyl groups excluding tert-OH is 2. The molecule has 8 aromatic rings. The molecule has 10 rings (SSSR count). The predicted molar refractivity (Wildman–Crippen MR) is 386 cm³/mol. The summed E-state index contributed by atoms with van der Waals surface area (Å²) in [6.45, 7) is 52.4. The first-order valence-electron chi connectivity index (χ1n) is 33.6. The van der Waals surface area contributed by atoms with E-state index in [1.54, 1.807) is 12.2 Å². The molecule has 0 saturated carbocycles. The Hall–Kier alpha value is -4.95. The van der Waals surface area contributed by atoms with Crippen molar-refractivity contribution in [1.82, 2.24) is 9.13 Å². The third kappa shape index (κ3) is 14.2. The average molecular weight is 1400 g/mol. The molecule has 2 N–H and O–H groups in total. The van der Waals surface area contributed by atoms with Crippen molar-refractivity contribution in [2.24, 2.45) is 21.7 Å². The summed E-state index contributed by atoms with van der Waals surface area (Å²) in [4.78, 5) is 0. The molecule has 4 nitrogen and oxygen atoms in total. The monoisotopic (exact) mass is 1400 g/mol. The second-order valence-corrected chi connectivity index (χ2v) is 39.5. The topological polar surface area (TPSA) is 50.3 Å². The van der Waals surface area contributed by atoms with Crippen molar-refractivity contribution >= 4 is 54.8 Å². The van der Waals surface area contributed by atoms with Gasteiger partial charge >= 0.3 is 32.3 Å². The van der Waals surface area contributed by atoms with E-state index in [4.69, 9.17) is 0 Å². The van der Waals surface area contributed by atoms with Crippen LogP contribution in [0.15, 0.2) is 146 Å². The third-order valence-corrected chi connectivity index (χ3v) is 20.2. The van der Waals surface area contributed by atoms with Gasteiger partial charge in [0.2, 0.25) is 0 Å². The van der Waals surface area contributed by atoms with Crippen molar-refractivity contribution in [1.29, 1.82) is 0 Å². The van der Waals surface area contributed by atoms with E-state index in [1.165, 1.54) is 22.3 Å². The van der Waals surface area contributed by atoms with Crippen LogP contribution < -0.4 is 0 Å². The minimum absolute atomic E-state index is 0.0210. The van der Waals surface area contributed by atoms with E-state index >= 15 is 8.78 Å². The Balaban J connectivity index is 0.000000225. The molecule has 6 aromatic carbocycles. The van der Waals surface area contributed by atoms with Crippen molar-refractivity contribution in [3.8, 4) is 0 Å². The Labute approximate surface area is 560 Å². The van der Waals surface area contributed by atoms with Crippen LogP contribution in [0, 0.1) is 21.7 Å². The Morgan fingerprint density at radius 3 is 0.835 bits per heavy atom.